The molecule has 0 saturated carbocycles. The van der Waals surface area contributed by atoms with E-state index in [-0.39, 0.29) is 18.0 Å². The van der Waals surface area contributed by atoms with Crippen molar-refractivity contribution >= 4 is 23.2 Å². The van der Waals surface area contributed by atoms with Crippen LogP contribution in [-0.2, 0) is 0 Å². The Balaban J connectivity index is 1.48. The molecule has 5 rings (SSSR count). The van der Waals surface area contributed by atoms with Crippen molar-refractivity contribution in [1.29, 1.82) is 0 Å². The third kappa shape index (κ3) is 6.82. The molecular formula is C35H31N3OS. The van der Waals surface area contributed by atoms with Crippen molar-refractivity contribution in [3.05, 3.63) is 179 Å². The van der Waals surface area contributed by atoms with Crippen LogP contribution in [0, 0.1) is 0 Å². The summed E-state index contributed by atoms with van der Waals surface area (Å²) in [6, 6.07) is 49.0. The zero-order valence-corrected chi connectivity index (χ0v) is 22.8. The van der Waals surface area contributed by atoms with Crippen LogP contribution < -0.4 is 16.0 Å². The zero-order chi connectivity index (χ0) is 27.6. The fraction of sp³-hybridized carbons (Fsp3) is 0.0857. The third-order valence-corrected chi connectivity index (χ3v) is 7.04. The summed E-state index contributed by atoms with van der Waals surface area (Å²) in [5.74, 6) is -0.150. The predicted octanol–water partition coefficient (Wildman–Crippen LogP) is 7.15. The van der Waals surface area contributed by atoms with Gasteiger partial charge >= 0.3 is 0 Å². The second kappa shape index (κ2) is 13.4. The average Bonchev–Trinajstić information content (AvgIpc) is 3.03. The molecule has 0 aliphatic heterocycles. The van der Waals surface area contributed by atoms with Gasteiger partial charge in [-0.3, -0.25) is 4.79 Å². The van der Waals surface area contributed by atoms with E-state index in [9.17, 15) is 4.79 Å². The molecule has 0 aromatic heterocycles. The Morgan fingerprint density at radius 2 is 0.800 bits per heavy atom. The molecule has 0 radical (unpaired) electrons. The van der Waals surface area contributed by atoms with Gasteiger partial charge in [0.1, 0.15) is 0 Å². The SMILES string of the molecule is O=C(N[C@@H](c1ccccc1)[C@@H](NC(=S)NC(c1ccccc1)c1ccccc1)c1ccccc1)c1ccccc1. The van der Waals surface area contributed by atoms with E-state index >= 15 is 0 Å². The molecule has 0 unspecified atom stereocenters. The Hall–Kier alpha value is -4.74. The summed E-state index contributed by atoms with van der Waals surface area (Å²) in [4.78, 5) is 13.4. The highest BCUT2D eigenvalue weighted by Gasteiger charge is 2.28. The van der Waals surface area contributed by atoms with Crippen molar-refractivity contribution in [3.63, 3.8) is 0 Å². The summed E-state index contributed by atoms with van der Waals surface area (Å²) in [5.41, 5.74) is 4.78. The van der Waals surface area contributed by atoms with E-state index in [1.807, 2.05) is 115 Å². The molecule has 0 heterocycles. The van der Waals surface area contributed by atoms with Crippen LogP contribution in [0.5, 0.6) is 0 Å². The van der Waals surface area contributed by atoms with Crippen molar-refractivity contribution in [2.24, 2.45) is 0 Å². The first-order valence-corrected chi connectivity index (χ1v) is 13.7. The number of benzene rings is 5. The van der Waals surface area contributed by atoms with Crippen LogP contribution in [0.1, 0.15) is 50.7 Å². The van der Waals surface area contributed by atoms with Gasteiger partial charge in [-0.15, -0.1) is 0 Å². The smallest absolute Gasteiger partial charge is 0.251 e. The minimum atomic E-state index is -0.400. The summed E-state index contributed by atoms with van der Waals surface area (Å²) in [5, 5.41) is 10.9. The van der Waals surface area contributed by atoms with Crippen LogP contribution in [0.25, 0.3) is 0 Å². The van der Waals surface area contributed by atoms with Gasteiger partial charge in [0.2, 0.25) is 0 Å². The van der Waals surface area contributed by atoms with E-state index in [1.165, 1.54) is 0 Å². The maximum Gasteiger partial charge on any atom is 0.251 e. The fourth-order valence-electron chi connectivity index (χ4n) is 4.82. The molecule has 0 spiro atoms. The second-order valence-corrected chi connectivity index (χ2v) is 9.90. The predicted molar refractivity (Wildman–Crippen MR) is 166 cm³/mol. The highest BCUT2D eigenvalue weighted by molar-refractivity contribution is 7.80. The number of hydrogen-bond acceptors (Lipinski definition) is 2. The van der Waals surface area contributed by atoms with Crippen LogP contribution in [0.15, 0.2) is 152 Å². The van der Waals surface area contributed by atoms with Crippen LogP contribution in [-0.4, -0.2) is 11.0 Å². The van der Waals surface area contributed by atoms with Gasteiger partial charge in [-0.25, -0.2) is 0 Å². The molecule has 5 aromatic carbocycles. The summed E-state index contributed by atoms with van der Waals surface area (Å²) in [7, 11) is 0. The van der Waals surface area contributed by atoms with Gasteiger partial charge in [0.15, 0.2) is 5.11 Å². The van der Waals surface area contributed by atoms with Gasteiger partial charge < -0.3 is 16.0 Å². The van der Waals surface area contributed by atoms with Crippen LogP contribution >= 0.6 is 12.2 Å². The number of amides is 1. The highest BCUT2D eigenvalue weighted by Crippen LogP contribution is 2.30. The first-order valence-electron chi connectivity index (χ1n) is 13.3. The van der Waals surface area contributed by atoms with Gasteiger partial charge in [-0.05, 0) is 46.6 Å². The lowest BCUT2D eigenvalue weighted by atomic mass is 9.93. The van der Waals surface area contributed by atoms with Crippen molar-refractivity contribution in [3.8, 4) is 0 Å². The Bertz CT molecular complexity index is 1460. The minimum absolute atomic E-state index is 0.145. The Labute approximate surface area is 241 Å². The highest BCUT2D eigenvalue weighted by atomic mass is 32.1. The van der Waals surface area contributed by atoms with Gasteiger partial charge in [-0.1, -0.05) is 140 Å². The van der Waals surface area contributed by atoms with Crippen LogP contribution in [0.4, 0.5) is 0 Å². The molecule has 5 aromatic rings. The topological polar surface area (TPSA) is 53.2 Å². The second-order valence-electron chi connectivity index (χ2n) is 9.49. The molecule has 1 amide bonds. The number of carbonyl (C=O) groups is 1. The van der Waals surface area contributed by atoms with Crippen LogP contribution in [0.2, 0.25) is 0 Å². The van der Waals surface area contributed by atoms with Crippen LogP contribution in [0.3, 0.4) is 0 Å². The van der Waals surface area contributed by atoms with Gasteiger partial charge in [0.25, 0.3) is 5.91 Å². The Kier molecular flexibility index (Phi) is 8.97. The molecular weight excluding hydrogens is 510 g/mol. The average molecular weight is 542 g/mol. The lowest BCUT2D eigenvalue weighted by Crippen LogP contribution is -2.45. The number of hydrogen-bond donors (Lipinski definition) is 3. The quantitative estimate of drug-likeness (QED) is 0.173. The van der Waals surface area contributed by atoms with Crippen molar-refractivity contribution in [2.75, 3.05) is 0 Å². The normalized spacial score (nSPS) is 12.2. The van der Waals surface area contributed by atoms with Gasteiger partial charge in [-0.2, -0.15) is 0 Å². The number of rotatable bonds is 9. The molecule has 0 aliphatic carbocycles. The molecule has 0 aliphatic rings. The van der Waals surface area contributed by atoms with E-state index < -0.39 is 6.04 Å². The number of carbonyl (C=O) groups excluding carboxylic acids is 1. The summed E-state index contributed by atoms with van der Waals surface area (Å²) >= 11 is 5.95. The van der Waals surface area contributed by atoms with E-state index in [0.717, 1.165) is 22.3 Å². The Morgan fingerprint density at radius 1 is 0.450 bits per heavy atom. The van der Waals surface area contributed by atoms with Gasteiger partial charge in [0, 0.05) is 5.56 Å². The number of nitrogens with one attached hydrogen (secondary N) is 3. The molecule has 3 N–H and O–H groups in total. The summed E-state index contributed by atoms with van der Waals surface area (Å²) in [6.07, 6.45) is 0. The molecule has 0 bridgehead atoms. The molecule has 4 nitrogen and oxygen atoms in total. The third-order valence-electron chi connectivity index (χ3n) is 6.80. The standard InChI is InChI=1S/C35H31N3OS/c39-34(30-24-14-5-15-25-30)36-32(28-20-10-3-11-21-28)33(29-22-12-4-13-23-29)38-35(40)37-31(26-16-6-1-7-17-26)27-18-8-2-9-19-27/h1-25,31-33H,(H,36,39)(H2,37,38,40)/t32-,33-/m0/s1. The molecule has 0 fully saturated rings. The first-order chi connectivity index (χ1) is 19.7. The van der Waals surface area contributed by atoms with Crippen molar-refractivity contribution in [2.45, 2.75) is 18.1 Å². The van der Waals surface area contributed by atoms with E-state index in [4.69, 9.17) is 12.2 Å². The lowest BCUT2D eigenvalue weighted by Gasteiger charge is -2.32. The zero-order valence-electron chi connectivity index (χ0n) is 22.0. The first kappa shape index (κ1) is 26.9. The van der Waals surface area contributed by atoms with E-state index in [1.54, 1.807) is 0 Å². The summed E-state index contributed by atoms with van der Waals surface area (Å²) < 4.78 is 0. The van der Waals surface area contributed by atoms with Crippen molar-refractivity contribution in [1.82, 2.24) is 16.0 Å². The maximum atomic E-state index is 13.4. The largest absolute Gasteiger partial charge is 0.353 e. The molecule has 40 heavy (non-hydrogen) atoms. The fourth-order valence-corrected chi connectivity index (χ4v) is 5.06. The monoisotopic (exact) mass is 541 g/mol. The number of thiocarbonyl (C=S) groups is 1. The molecule has 5 heteroatoms. The van der Waals surface area contributed by atoms with Gasteiger partial charge in [0.05, 0.1) is 18.1 Å². The maximum absolute atomic E-state index is 13.4. The minimum Gasteiger partial charge on any atom is -0.353 e. The lowest BCUT2D eigenvalue weighted by molar-refractivity contribution is 0.0928. The van der Waals surface area contributed by atoms with E-state index in [0.29, 0.717) is 10.7 Å². The molecule has 198 valence electrons. The molecule has 2 atom stereocenters. The summed E-state index contributed by atoms with van der Waals surface area (Å²) in [6.45, 7) is 0. The molecule has 0 saturated heterocycles. The van der Waals surface area contributed by atoms with E-state index in [2.05, 4.69) is 52.3 Å². The Morgan fingerprint density at radius 3 is 1.23 bits per heavy atom. The van der Waals surface area contributed by atoms with Crippen molar-refractivity contribution < 1.29 is 4.79 Å².